The van der Waals surface area contributed by atoms with E-state index < -0.39 is 0 Å². The lowest BCUT2D eigenvalue weighted by Gasteiger charge is -2.23. The fourth-order valence-corrected chi connectivity index (χ4v) is 2.47. The van der Waals surface area contributed by atoms with Gasteiger partial charge in [-0.15, -0.1) is 0 Å². The maximum Gasteiger partial charge on any atom is 0.194 e. The second-order valence-corrected chi connectivity index (χ2v) is 4.69. The van der Waals surface area contributed by atoms with Crippen molar-refractivity contribution in [3.05, 3.63) is 30.3 Å². The summed E-state index contributed by atoms with van der Waals surface area (Å²) in [6.45, 7) is 2.08. The van der Waals surface area contributed by atoms with E-state index in [1.54, 1.807) is 0 Å². The van der Waals surface area contributed by atoms with Crippen LogP contribution < -0.4 is 10.1 Å². The van der Waals surface area contributed by atoms with Gasteiger partial charge in [0.2, 0.25) is 0 Å². The molecule has 3 heteroatoms. The molecule has 0 saturated carbocycles. The molecule has 1 aliphatic heterocycles. The molecule has 0 spiro atoms. The van der Waals surface area contributed by atoms with E-state index in [4.69, 9.17) is 4.74 Å². The quantitative estimate of drug-likeness (QED) is 0.856. The van der Waals surface area contributed by atoms with Gasteiger partial charge in [-0.25, -0.2) is 0 Å². The summed E-state index contributed by atoms with van der Waals surface area (Å²) in [5.74, 6) is 0.972. The van der Waals surface area contributed by atoms with Crippen LogP contribution in [-0.4, -0.2) is 23.8 Å². The molecule has 3 rings (SSSR count). The molecular weight excluding hydrogens is 212 g/mol. The molecule has 2 aromatic rings. The van der Waals surface area contributed by atoms with Gasteiger partial charge in [0.05, 0.1) is 5.52 Å². The van der Waals surface area contributed by atoms with Crippen molar-refractivity contribution in [2.75, 3.05) is 13.1 Å². The van der Waals surface area contributed by atoms with Crippen molar-refractivity contribution in [2.24, 2.45) is 7.05 Å². The van der Waals surface area contributed by atoms with Crippen LogP contribution in [0.15, 0.2) is 30.3 Å². The number of aryl methyl sites for hydroxylation is 1. The van der Waals surface area contributed by atoms with Gasteiger partial charge in [-0.3, -0.25) is 0 Å². The molecule has 1 unspecified atom stereocenters. The molecule has 90 valence electrons. The summed E-state index contributed by atoms with van der Waals surface area (Å²) in [4.78, 5) is 0. The van der Waals surface area contributed by atoms with Crippen molar-refractivity contribution < 1.29 is 4.74 Å². The molecule has 1 aliphatic rings. The minimum atomic E-state index is 0.312. The number of ether oxygens (including phenoxy) is 1. The summed E-state index contributed by atoms with van der Waals surface area (Å²) in [5, 5.41) is 4.62. The average Bonchev–Trinajstić information content (AvgIpc) is 2.68. The number of nitrogens with zero attached hydrogens (tertiary/aromatic N) is 1. The fraction of sp³-hybridized carbons (Fsp3) is 0.429. The highest BCUT2D eigenvalue weighted by Crippen LogP contribution is 2.25. The zero-order valence-electron chi connectivity index (χ0n) is 10.1. The van der Waals surface area contributed by atoms with E-state index >= 15 is 0 Å². The minimum Gasteiger partial charge on any atom is -0.474 e. The lowest BCUT2D eigenvalue weighted by Crippen LogP contribution is -2.37. The molecule has 1 saturated heterocycles. The Kier molecular flexibility index (Phi) is 2.77. The Labute approximate surface area is 101 Å². The maximum atomic E-state index is 6.07. The molecule has 0 amide bonds. The van der Waals surface area contributed by atoms with Crippen LogP contribution in [0.5, 0.6) is 5.88 Å². The number of nitrogens with one attached hydrogen (secondary N) is 1. The van der Waals surface area contributed by atoms with Crippen molar-refractivity contribution in [2.45, 2.75) is 18.9 Å². The predicted molar refractivity (Wildman–Crippen MR) is 69.4 cm³/mol. The molecule has 0 bridgehead atoms. The zero-order valence-corrected chi connectivity index (χ0v) is 10.1. The average molecular weight is 230 g/mol. The number of rotatable bonds is 2. The third kappa shape index (κ3) is 2.03. The van der Waals surface area contributed by atoms with E-state index in [1.165, 1.54) is 17.3 Å². The molecule has 17 heavy (non-hydrogen) atoms. The summed E-state index contributed by atoms with van der Waals surface area (Å²) in [6, 6.07) is 10.5. The fourth-order valence-electron chi connectivity index (χ4n) is 2.47. The molecule has 0 aliphatic carbocycles. The second-order valence-electron chi connectivity index (χ2n) is 4.69. The summed E-state index contributed by atoms with van der Waals surface area (Å²) in [6.07, 6.45) is 2.66. The standard InChI is InChI=1S/C14H18N2O/c1-16-13-7-3-2-5-11(13)9-14(16)17-12-6-4-8-15-10-12/h2-3,5,7,9,12,15H,4,6,8,10H2,1H3. The number of hydrogen-bond donors (Lipinski definition) is 1. The third-order valence-electron chi connectivity index (χ3n) is 3.45. The first-order chi connectivity index (χ1) is 8.34. The van der Waals surface area contributed by atoms with Gasteiger partial charge >= 0.3 is 0 Å². The third-order valence-corrected chi connectivity index (χ3v) is 3.45. The summed E-state index contributed by atoms with van der Waals surface area (Å²) >= 11 is 0. The summed E-state index contributed by atoms with van der Waals surface area (Å²) < 4.78 is 8.20. The van der Waals surface area contributed by atoms with Gasteiger partial charge in [0.25, 0.3) is 0 Å². The van der Waals surface area contributed by atoms with Crippen molar-refractivity contribution in [3.63, 3.8) is 0 Å². The van der Waals surface area contributed by atoms with Crippen LogP contribution in [0.1, 0.15) is 12.8 Å². The predicted octanol–water partition coefficient (Wildman–Crippen LogP) is 2.31. The topological polar surface area (TPSA) is 26.2 Å². The first-order valence-corrected chi connectivity index (χ1v) is 6.26. The summed E-state index contributed by atoms with van der Waals surface area (Å²) in [5.41, 5.74) is 1.23. The second kappa shape index (κ2) is 4.41. The van der Waals surface area contributed by atoms with E-state index in [0.717, 1.165) is 25.4 Å². The molecule has 0 radical (unpaired) electrons. The van der Waals surface area contributed by atoms with Gasteiger partial charge in [0.1, 0.15) is 6.10 Å². The van der Waals surface area contributed by atoms with E-state index in [0.29, 0.717) is 6.10 Å². The van der Waals surface area contributed by atoms with Gasteiger partial charge in [-0.1, -0.05) is 18.2 Å². The van der Waals surface area contributed by atoms with Crippen molar-refractivity contribution in [3.8, 4) is 5.88 Å². The first-order valence-electron chi connectivity index (χ1n) is 6.26. The molecule has 1 aromatic heterocycles. The summed E-state index contributed by atoms with van der Waals surface area (Å²) in [7, 11) is 2.06. The van der Waals surface area contributed by atoms with Crippen LogP contribution in [0, 0.1) is 0 Å². The molecule has 1 atom stereocenters. The Bertz CT molecular complexity index is 512. The van der Waals surface area contributed by atoms with Crippen LogP contribution in [0.25, 0.3) is 10.9 Å². The lowest BCUT2D eigenvalue weighted by molar-refractivity contribution is 0.156. The van der Waals surface area contributed by atoms with Gasteiger partial charge in [0, 0.05) is 25.0 Å². The van der Waals surface area contributed by atoms with E-state index in [1.807, 2.05) is 0 Å². The van der Waals surface area contributed by atoms with Crippen molar-refractivity contribution in [1.82, 2.24) is 9.88 Å². The molecule has 2 heterocycles. The van der Waals surface area contributed by atoms with Crippen LogP contribution in [0.3, 0.4) is 0 Å². The Balaban J connectivity index is 1.87. The van der Waals surface area contributed by atoms with Gasteiger partial charge in [0.15, 0.2) is 5.88 Å². The Morgan fingerprint density at radius 1 is 1.35 bits per heavy atom. The van der Waals surface area contributed by atoms with E-state index in [-0.39, 0.29) is 0 Å². The molecule has 3 nitrogen and oxygen atoms in total. The molecular formula is C14H18N2O. The van der Waals surface area contributed by atoms with Crippen LogP contribution in [0.4, 0.5) is 0 Å². The maximum absolute atomic E-state index is 6.07. The number of aromatic nitrogens is 1. The van der Waals surface area contributed by atoms with Crippen molar-refractivity contribution in [1.29, 1.82) is 0 Å². The Morgan fingerprint density at radius 2 is 2.24 bits per heavy atom. The number of fused-ring (bicyclic) bond motifs is 1. The zero-order chi connectivity index (χ0) is 11.7. The lowest BCUT2D eigenvalue weighted by atomic mass is 10.1. The van der Waals surface area contributed by atoms with Crippen molar-refractivity contribution >= 4 is 10.9 Å². The first kappa shape index (κ1) is 10.7. The van der Waals surface area contributed by atoms with Crippen LogP contribution >= 0.6 is 0 Å². The smallest absolute Gasteiger partial charge is 0.194 e. The van der Waals surface area contributed by atoms with E-state index in [9.17, 15) is 0 Å². The van der Waals surface area contributed by atoms with Crippen LogP contribution in [0.2, 0.25) is 0 Å². The highest BCUT2D eigenvalue weighted by atomic mass is 16.5. The molecule has 1 aromatic carbocycles. The Morgan fingerprint density at radius 3 is 3.00 bits per heavy atom. The SMILES string of the molecule is Cn1c(OC2CCCNC2)cc2ccccc21. The number of piperidine rings is 1. The Hall–Kier alpha value is -1.48. The largest absolute Gasteiger partial charge is 0.474 e. The number of benzene rings is 1. The van der Waals surface area contributed by atoms with Crippen LogP contribution in [-0.2, 0) is 7.05 Å². The van der Waals surface area contributed by atoms with E-state index in [2.05, 4.69) is 47.3 Å². The minimum absolute atomic E-state index is 0.312. The van der Waals surface area contributed by atoms with Gasteiger partial charge in [-0.05, 0) is 25.5 Å². The normalized spacial score (nSPS) is 20.6. The monoisotopic (exact) mass is 230 g/mol. The number of para-hydroxylation sites is 1. The highest BCUT2D eigenvalue weighted by Gasteiger charge is 2.16. The molecule has 1 fully saturated rings. The highest BCUT2D eigenvalue weighted by molar-refractivity contribution is 5.82. The van der Waals surface area contributed by atoms with Gasteiger partial charge in [-0.2, -0.15) is 0 Å². The van der Waals surface area contributed by atoms with Gasteiger partial charge < -0.3 is 14.6 Å². The molecule has 1 N–H and O–H groups in total. The number of hydrogen-bond acceptors (Lipinski definition) is 2.